The molecule has 0 amide bonds. The van der Waals surface area contributed by atoms with Crippen LogP contribution in [0.25, 0.3) is 0 Å². The molecular formula is C14H21N5. The molecule has 4 N–H and O–H groups in total. The molecule has 0 unspecified atom stereocenters. The molecule has 2 rings (SSSR count). The quantitative estimate of drug-likeness (QED) is 0.485. The molecule has 0 aromatic heterocycles. The molecule has 1 saturated heterocycles. The topological polar surface area (TPSA) is 80.0 Å². The van der Waals surface area contributed by atoms with Crippen LogP contribution in [0.3, 0.4) is 0 Å². The summed E-state index contributed by atoms with van der Waals surface area (Å²) >= 11 is 0. The van der Waals surface area contributed by atoms with Gasteiger partial charge in [-0.15, -0.1) is 5.10 Å². The highest BCUT2D eigenvalue weighted by molar-refractivity contribution is 5.81. The van der Waals surface area contributed by atoms with Crippen molar-refractivity contribution >= 4 is 12.2 Å². The lowest BCUT2D eigenvalue weighted by Gasteiger charge is -2.26. The highest BCUT2D eigenvalue weighted by Crippen LogP contribution is 2.13. The van der Waals surface area contributed by atoms with Crippen LogP contribution in [-0.4, -0.2) is 30.2 Å². The zero-order valence-corrected chi connectivity index (χ0v) is 11.1. The Hall–Kier alpha value is -1.88. The van der Waals surface area contributed by atoms with Crippen LogP contribution in [0, 0.1) is 0 Å². The Morgan fingerprint density at radius 2 is 1.79 bits per heavy atom. The zero-order valence-electron chi connectivity index (χ0n) is 11.1. The first-order chi connectivity index (χ1) is 9.24. The molecule has 0 radical (unpaired) electrons. The van der Waals surface area contributed by atoms with E-state index in [-0.39, 0.29) is 5.96 Å². The summed E-state index contributed by atoms with van der Waals surface area (Å²) in [6.07, 6.45) is 5.66. The normalized spacial score (nSPS) is 16.6. The summed E-state index contributed by atoms with van der Waals surface area (Å²) in [6, 6.07) is 8.33. The number of benzene rings is 1. The number of likely N-dealkylation sites (tertiary alicyclic amines) is 1. The first-order valence-electron chi connectivity index (χ1n) is 6.67. The van der Waals surface area contributed by atoms with Crippen molar-refractivity contribution in [3.63, 3.8) is 0 Å². The van der Waals surface area contributed by atoms with E-state index in [9.17, 15) is 0 Å². The third-order valence-corrected chi connectivity index (χ3v) is 3.21. The van der Waals surface area contributed by atoms with E-state index in [1.807, 2.05) is 12.1 Å². The summed E-state index contributed by atoms with van der Waals surface area (Å²) in [5.74, 6) is -0.0297. The number of hydrogen-bond donors (Lipinski definition) is 2. The Kier molecular flexibility index (Phi) is 4.92. The van der Waals surface area contributed by atoms with Crippen LogP contribution in [0.5, 0.6) is 0 Å². The fourth-order valence-corrected chi connectivity index (χ4v) is 2.25. The van der Waals surface area contributed by atoms with Gasteiger partial charge in [-0.3, -0.25) is 4.90 Å². The summed E-state index contributed by atoms with van der Waals surface area (Å²) in [7, 11) is 0. The van der Waals surface area contributed by atoms with Gasteiger partial charge in [-0.25, -0.2) is 0 Å². The van der Waals surface area contributed by atoms with Gasteiger partial charge in [0.15, 0.2) is 0 Å². The van der Waals surface area contributed by atoms with Crippen molar-refractivity contribution < 1.29 is 0 Å². The highest BCUT2D eigenvalue weighted by atomic mass is 15.3. The second-order valence-electron chi connectivity index (χ2n) is 4.85. The summed E-state index contributed by atoms with van der Waals surface area (Å²) in [6.45, 7) is 3.47. The van der Waals surface area contributed by atoms with Crippen LogP contribution in [0.2, 0.25) is 0 Å². The third kappa shape index (κ3) is 4.71. The van der Waals surface area contributed by atoms with Gasteiger partial charge in [-0.2, -0.15) is 5.10 Å². The summed E-state index contributed by atoms with van der Waals surface area (Å²) in [5, 5.41) is 7.36. The molecule has 0 saturated carbocycles. The van der Waals surface area contributed by atoms with Crippen LogP contribution in [0.1, 0.15) is 30.4 Å². The fourth-order valence-electron chi connectivity index (χ4n) is 2.25. The van der Waals surface area contributed by atoms with Crippen LogP contribution in [0.4, 0.5) is 0 Å². The Bertz CT molecular complexity index is 439. The van der Waals surface area contributed by atoms with Crippen LogP contribution in [0.15, 0.2) is 34.5 Å². The second kappa shape index (κ2) is 6.89. The SMILES string of the molecule is NC(N)=NN=Cc1ccc(CN2CCCCC2)cc1. The van der Waals surface area contributed by atoms with Gasteiger partial charge in [-0.1, -0.05) is 30.7 Å². The Labute approximate surface area is 114 Å². The van der Waals surface area contributed by atoms with Gasteiger partial charge in [0.25, 0.3) is 0 Å². The van der Waals surface area contributed by atoms with Gasteiger partial charge >= 0.3 is 0 Å². The maximum absolute atomic E-state index is 5.19. The van der Waals surface area contributed by atoms with E-state index in [2.05, 4.69) is 27.2 Å². The van der Waals surface area contributed by atoms with Gasteiger partial charge in [0.1, 0.15) is 0 Å². The minimum atomic E-state index is -0.0297. The monoisotopic (exact) mass is 259 g/mol. The largest absolute Gasteiger partial charge is 0.369 e. The molecule has 1 aromatic rings. The average molecular weight is 259 g/mol. The molecule has 1 heterocycles. The fraction of sp³-hybridized carbons (Fsp3) is 0.429. The number of piperidine rings is 1. The van der Waals surface area contributed by atoms with Gasteiger partial charge in [-0.05, 0) is 37.1 Å². The van der Waals surface area contributed by atoms with Crippen molar-refractivity contribution in [3.05, 3.63) is 35.4 Å². The van der Waals surface area contributed by atoms with Crippen molar-refractivity contribution in [3.8, 4) is 0 Å². The molecule has 0 bridgehead atoms. The van der Waals surface area contributed by atoms with Gasteiger partial charge in [0, 0.05) is 6.54 Å². The summed E-state index contributed by atoms with van der Waals surface area (Å²) in [5.41, 5.74) is 12.7. The molecule has 1 aliphatic heterocycles. The van der Waals surface area contributed by atoms with E-state index in [0.29, 0.717) is 0 Å². The number of hydrogen-bond acceptors (Lipinski definition) is 3. The van der Waals surface area contributed by atoms with Crippen LogP contribution in [-0.2, 0) is 6.54 Å². The van der Waals surface area contributed by atoms with E-state index in [1.165, 1.54) is 37.9 Å². The maximum atomic E-state index is 5.19. The van der Waals surface area contributed by atoms with Gasteiger partial charge in [0.05, 0.1) is 6.21 Å². The average Bonchev–Trinajstić information content (AvgIpc) is 2.42. The molecule has 5 nitrogen and oxygen atoms in total. The standard InChI is InChI=1S/C14H21N5/c15-14(16)18-17-10-12-4-6-13(7-5-12)11-19-8-2-1-3-9-19/h4-7,10H,1-3,8-9,11H2,(H4,15,16,18). The maximum Gasteiger partial charge on any atom is 0.211 e. The van der Waals surface area contributed by atoms with Gasteiger partial charge in [0.2, 0.25) is 5.96 Å². The predicted octanol–water partition coefficient (Wildman–Crippen LogP) is 1.28. The third-order valence-electron chi connectivity index (χ3n) is 3.21. The van der Waals surface area contributed by atoms with Crippen molar-refractivity contribution in [1.29, 1.82) is 0 Å². The van der Waals surface area contributed by atoms with Crippen molar-refractivity contribution in [2.24, 2.45) is 21.7 Å². The van der Waals surface area contributed by atoms with Crippen molar-refractivity contribution in [1.82, 2.24) is 4.90 Å². The van der Waals surface area contributed by atoms with Gasteiger partial charge < -0.3 is 11.5 Å². The second-order valence-corrected chi connectivity index (χ2v) is 4.85. The van der Waals surface area contributed by atoms with Crippen LogP contribution >= 0.6 is 0 Å². The first kappa shape index (κ1) is 13.5. The lowest BCUT2D eigenvalue weighted by atomic mass is 10.1. The molecule has 19 heavy (non-hydrogen) atoms. The lowest BCUT2D eigenvalue weighted by Crippen LogP contribution is -2.29. The minimum absolute atomic E-state index is 0.0297. The number of guanidine groups is 1. The smallest absolute Gasteiger partial charge is 0.211 e. The molecule has 0 aliphatic carbocycles. The number of nitrogens with zero attached hydrogens (tertiary/aromatic N) is 3. The molecule has 102 valence electrons. The molecular weight excluding hydrogens is 238 g/mol. The summed E-state index contributed by atoms with van der Waals surface area (Å²) in [4.78, 5) is 2.51. The van der Waals surface area contributed by atoms with Crippen LogP contribution < -0.4 is 11.5 Å². The van der Waals surface area contributed by atoms with E-state index < -0.39 is 0 Å². The molecule has 1 aromatic carbocycles. The minimum Gasteiger partial charge on any atom is -0.369 e. The summed E-state index contributed by atoms with van der Waals surface area (Å²) < 4.78 is 0. The molecule has 5 heteroatoms. The highest BCUT2D eigenvalue weighted by Gasteiger charge is 2.09. The number of rotatable bonds is 4. The van der Waals surface area contributed by atoms with E-state index in [1.54, 1.807) is 6.21 Å². The molecule has 0 atom stereocenters. The Balaban J connectivity index is 1.90. The molecule has 0 spiro atoms. The predicted molar refractivity (Wildman–Crippen MR) is 79.0 cm³/mol. The van der Waals surface area contributed by atoms with Crippen molar-refractivity contribution in [2.75, 3.05) is 13.1 Å². The number of nitrogens with two attached hydrogens (primary N) is 2. The zero-order chi connectivity index (χ0) is 13.5. The Morgan fingerprint density at radius 3 is 2.42 bits per heavy atom. The Morgan fingerprint density at radius 1 is 1.11 bits per heavy atom. The van der Waals surface area contributed by atoms with E-state index >= 15 is 0 Å². The van der Waals surface area contributed by atoms with E-state index in [4.69, 9.17) is 11.5 Å². The lowest BCUT2D eigenvalue weighted by molar-refractivity contribution is 0.221. The molecule has 1 fully saturated rings. The first-order valence-corrected chi connectivity index (χ1v) is 6.67. The van der Waals surface area contributed by atoms with E-state index in [0.717, 1.165) is 12.1 Å². The van der Waals surface area contributed by atoms with Crippen molar-refractivity contribution in [2.45, 2.75) is 25.8 Å². The molecule has 1 aliphatic rings.